The van der Waals surface area contributed by atoms with Gasteiger partial charge in [0.25, 0.3) is 5.69 Å². The summed E-state index contributed by atoms with van der Waals surface area (Å²) in [4.78, 5) is 21.9. The summed E-state index contributed by atoms with van der Waals surface area (Å²) in [5, 5.41) is 14.5. The number of carbonyl (C=O) groups is 1. The molecule has 1 heterocycles. The lowest BCUT2D eigenvalue weighted by atomic mass is 10.1. The van der Waals surface area contributed by atoms with Crippen LogP contribution in [0.3, 0.4) is 0 Å². The second-order valence-electron chi connectivity index (χ2n) is 3.87. The number of hydrogen-bond acceptors (Lipinski definition) is 5. The highest BCUT2D eigenvalue weighted by Crippen LogP contribution is 2.17. The molecule has 2 rings (SSSR count). The number of carbonyl (C=O) groups excluding carboxylic acids is 1. The van der Waals surface area contributed by atoms with E-state index in [4.69, 9.17) is 4.42 Å². The Balaban J connectivity index is 1.96. The van der Waals surface area contributed by atoms with Crippen LogP contribution in [0.5, 0.6) is 0 Å². The zero-order chi connectivity index (χ0) is 14.4. The van der Waals surface area contributed by atoms with Crippen LogP contribution in [0.2, 0.25) is 0 Å². The molecule has 1 aromatic heterocycles. The molecular weight excluding hydrogens is 262 g/mol. The number of rotatable bonds is 5. The predicted molar refractivity (Wildman–Crippen MR) is 71.2 cm³/mol. The summed E-state index contributed by atoms with van der Waals surface area (Å²) in [6.07, 6.45) is 2.71. The number of para-hydroxylation sites is 1. The van der Waals surface area contributed by atoms with Gasteiger partial charge in [0, 0.05) is 11.6 Å². The molecule has 0 fully saturated rings. The van der Waals surface area contributed by atoms with E-state index in [1.165, 1.54) is 24.6 Å². The van der Waals surface area contributed by atoms with Gasteiger partial charge in [0.1, 0.15) is 5.76 Å². The van der Waals surface area contributed by atoms with E-state index in [-0.39, 0.29) is 12.1 Å². The van der Waals surface area contributed by atoms with Crippen LogP contribution in [0.1, 0.15) is 11.3 Å². The minimum Gasteiger partial charge on any atom is -0.463 e. The summed E-state index contributed by atoms with van der Waals surface area (Å²) in [5.41, 5.74) is 2.53. The summed E-state index contributed by atoms with van der Waals surface area (Å²) in [5.74, 6) is 0.0538. The third kappa shape index (κ3) is 3.52. The third-order valence-corrected chi connectivity index (χ3v) is 2.46. The van der Waals surface area contributed by atoms with E-state index in [1.807, 2.05) is 0 Å². The van der Waals surface area contributed by atoms with Crippen LogP contribution in [0.25, 0.3) is 0 Å². The molecule has 0 spiro atoms. The van der Waals surface area contributed by atoms with Crippen LogP contribution in [0.15, 0.2) is 52.2 Å². The maximum atomic E-state index is 11.6. The van der Waals surface area contributed by atoms with Crippen LogP contribution in [-0.4, -0.2) is 17.0 Å². The van der Waals surface area contributed by atoms with E-state index in [0.717, 1.165) is 0 Å². The molecule has 1 aromatic carbocycles. The molecule has 0 aliphatic rings. The number of hydrogen-bond donors (Lipinski definition) is 1. The lowest BCUT2D eigenvalue weighted by Crippen LogP contribution is -2.20. The molecule has 1 amide bonds. The van der Waals surface area contributed by atoms with Gasteiger partial charge in [-0.2, -0.15) is 5.10 Å². The number of benzene rings is 1. The van der Waals surface area contributed by atoms with Crippen molar-refractivity contribution < 1.29 is 14.1 Å². The highest BCUT2D eigenvalue weighted by molar-refractivity contribution is 5.82. The van der Waals surface area contributed by atoms with Crippen molar-refractivity contribution in [2.45, 2.75) is 6.42 Å². The van der Waals surface area contributed by atoms with Crippen molar-refractivity contribution in [2.24, 2.45) is 5.10 Å². The van der Waals surface area contributed by atoms with Crippen molar-refractivity contribution >= 4 is 17.8 Å². The topological polar surface area (TPSA) is 97.7 Å². The van der Waals surface area contributed by atoms with E-state index >= 15 is 0 Å². The van der Waals surface area contributed by atoms with Gasteiger partial charge in [-0.3, -0.25) is 14.9 Å². The molecule has 0 saturated carbocycles. The highest BCUT2D eigenvalue weighted by Gasteiger charge is 2.14. The van der Waals surface area contributed by atoms with Crippen LogP contribution in [0.4, 0.5) is 5.69 Å². The summed E-state index contributed by atoms with van der Waals surface area (Å²) < 4.78 is 4.99. The van der Waals surface area contributed by atoms with Gasteiger partial charge < -0.3 is 4.42 Å². The molecule has 7 nitrogen and oxygen atoms in total. The minimum absolute atomic E-state index is 0.0855. The molecule has 102 valence electrons. The molecule has 7 heteroatoms. The Bertz CT molecular complexity index is 635. The van der Waals surface area contributed by atoms with E-state index in [9.17, 15) is 14.9 Å². The standard InChI is InChI=1S/C13H11N3O4/c17-13(15-14-9-11-5-3-7-20-11)8-10-4-1-2-6-12(10)16(18)19/h1-7,9H,8H2,(H,15,17). The molecule has 0 radical (unpaired) electrons. The molecule has 0 bridgehead atoms. The van der Waals surface area contributed by atoms with Crippen molar-refractivity contribution in [1.82, 2.24) is 5.43 Å². The van der Waals surface area contributed by atoms with Crippen LogP contribution < -0.4 is 5.43 Å². The summed E-state index contributed by atoms with van der Waals surface area (Å²) in [6, 6.07) is 9.45. The molecule has 0 unspecified atom stereocenters. The van der Waals surface area contributed by atoms with Gasteiger partial charge in [-0.05, 0) is 12.1 Å². The van der Waals surface area contributed by atoms with E-state index in [2.05, 4.69) is 10.5 Å². The van der Waals surface area contributed by atoms with Crippen LogP contribution in [-0.2, 0) is 11.2 Å². The first-order valence-electron chi connectivity index (χ1n) is 5.74. The molecule has 0 aliphatic heterocycles. The lowest BCUT2D eigenvalue weighted by Gasteiger charge is -2.01. The molecule has 2 aromatic rings. The second kappa shape index (κ2) is 6.28. The third-order valence-electron chi connectivity index (χ3n) is 2.46. The Kier molecular flexibility index (Phi) is 4.23. The number of nitrogens with one attached hydrogen (secondary N) is 1. The SMILES string of the molecule is O=C(Cc1ccccc1[N+](=O)[O-])NN=Cc1ccco1. The van der Waals surface area contributed by atoms with Crippen molar-refractivity contribution in [3.63, 3.8) is 0 Å². The minimum atomic E-state index is -0.519. The van der Waals surface area contributed by atoms with Gasteiger partial charge in [0.2, 0.25) is 5.91 Å². The Morgan fingerprint density at radius 1 is 1.35 bits per heavy atom. The molecule has 20 heavy (non-hydrogen) atoms. The fraction of sp³-hybridized carbons (Fsp3) is 0.0769. The van der Waals surface area contributed by atoms with Crippen molar-refractivity contribution in [3.8, 4) is 0 Å². The summed E-state index contributed by atoms with van der Waals surface area (Å²) in [6.45, 7) is 0. The Morgan fingerprint density at radius 2 is 2.15 bits per heavy atom. The first-order valence-corrected chi connectivity index (χ1v) is 5.74. The predicted octanol–water partition coefficient (Wildman–Crippen LogP) is 1.88. The smallest absolute Gasteiger partial charge is 0.273 e. The van der Waals surface area contributed by atoms with E-state index < -0.39 is 10.8 Å². The summed E-state index contributed by atoms with van der Waals surface area (Å²) >= 11 is 0. The number of nitro benzene ring substituents is 1. The molecule has 1 N–H and O–H groups in total. The Hall–Kier alpha value is -2.96. The maximum Gasteiger partial charge on any atom is 0.273 e. The van der Waals surface area contributed by atoms with Crippen LogP contribution >= 0.6 is 0 Å². The van der Waals surface area contributed by atoms with Crippen molar-refractivity contribution in [1.29, 1.82) is 0 Å². The number of hydrazone groups is 1. The monoisotopic (exact) mass is 273 g/mol. The van der Waals surface area contributed by atoms with Gasteiger partial charge in [-0.25, -0.2) is 5.43 Å². The normalized spacial score (nSPS) is 10.6. The van der Waals surface area contributed by atoms with Crippen molar-refractivity contribution in [3.05, 3.63) is 64.1 Å². The van der Waals surface area contributed by atoms with Gasteiger partial charge in [0.05, 0.1) is 23.8 Å². The fourth-order valence-electron chi connectivity index (χ4n) is 1.58. The van der Waals surface area contributed by atoms with Crippen molar-refractivity contribution in [2.75, 3.05) is 0 Å². The Labute approximate surface area is 114 Å². The zero-order valence-electron chi connectivity index (χ0n) is 10.4. The summed E-state index contributed by atoms with van der Waals surface area (Å²) in [7, 11) is 0. The lowest BCUT2D eigenvalue weighted by molar-refractivity contribution is -0.385. The van der Waals surface area contributed by atoms with Gasteiger partial charge >= 0.3 is 0 Å². The fourth-order valence-corrected chi connectivity index (χ4v) is 1.58. The number of furan rings is 1. The quantitative estimate of drug-likeness (QED) is 0.511. The molecule has 0 saturated heterocycles. The molecular formula is C13H11N3O4. The first-order chi connectivity index (χ1) is 9.66. The Morgan fingerprint density at radius 3 is 2.85 bits per heavy atom. The molecule has 0 aliphatic carbocycles. The van der Waals surface area contributed by atoms with Gasteiger partial charge in [0.15, 0.2) is 0 Å². The maximum absolute atomic E-state index is 11.6. The number of amides is 1. The highest BCUT2D eigenvalue weighted by atomic mass is 16.6. The van der Waals surface area contributed by atoms with Gasteiger partial charge in [-0.1, -0.05) is 18.2 Å². The van der Waals surface area contributed by atoms with Crippen LogP contribution in [0, 0.1) is 10.1 Å². The number of nitrogens with zero attached hydrogens (tertiary/aromatic N) is 2. The zero-order valence-corrected chi connectivity index (χ0v) is 10.4. The largest absolute Gasteiger partial charge is 0.463 e. The average molecular weight is 273 g/mol. The average Bonchev–Trinajstić information content (AvgIpc) is 2.92. The first kappa shape index (κ1) is 13.5. The molecule has 0 atom stereocenters. The second-order valence-corrected chi connectivity index (χ2v) is 3.87. The van der Waals surface area contributed by atoms with E-state index in [1.54, 1.807) is 24.3 Å². The van der Waals surface area contributed by atoms with Gasteiger partial charge in [-0.15, -0.1) is 0 Å². The number of nitro groups is 1. The van der Waals surface area contributed by atoms with E-state index in [0.29, 0.717) is 11.3 Å².